The van der Waals surface area contributed by atoms with Crippen LogP contribution in [0.4, 0.5) is 17.1 Å². The first-order chi connectivity index (χ1) is 34.2. The molecule has 0 amide bonds. The van der Waals surface area contributed by atoms with Crippen LogP contribution in [0.5, 0.6) is 11.5 Å². The second-order valence-electron chi connectivity index (χ2n) is 17.9. The van der Waals surface area contributed by atoms with Crippen molar-refractivity contribution in [2.24, 2.45) is 0 Å². The number of ether oxygens (including phenoxy) is 1. The van der Waals surface area contributed by atoms with Crippen molar-refractivity contribution in [3.05, 3.63) is 249 Å². The number of hydrogen-bond acceptors (Lipinski definition) is 3. The number of benzene rings is 11. The summed E-state index contributed by atoms with van der Waals surface area (Å²) in [6, 6.07) is 91.1. The lowest BCUT2D eigenvalue weighted by molar-refractivity contribution is 0.488. The molecule has 0 bridgehead atoms. The van der Waals surface area contributed by atoms with E-state index in [-0.39, 0.29) is 0 Å². The molecule has 322 valence electrons. The molecule has 13 aromatic rings. The SMILES string of the molecule is c1ccc(-c2ccccc2N(c2ccc3c(c2)-c2ccccc2Oc2ccccc2-3)c2ccc3c(c2)c2ccccc2c2ccccc2c2ccccc2c2c3ccc3c4ccccc4sc32)cc1. The van der Waals surface area contributed by atoms with Crippen molar-refractivity contribution in [1.29, 1.82) is 0 Å². The molecule has 0 N–H and O–H groups in total. The van der Waals surface area contributed by atoms with Gasteiger partial charge in [-0.3, -0.25) is 0 Å². The molecule has 0 unspecified atom stereocenters. The Morgan fingerprint density at radius 2 is 0.754 bits per heavy atom. The van der Waals surface area contributed by atoms with Crippen LogP contribution in [0.25, 0.3) is 107 Å². The van der Waals surface area contributed by atoms with Crippen molar-refractivity contribution >= 4 is 102 Å². The predicted octanol–water partition coefficient (Wildman–Crippen LogP) is 19.5. The van der Waals surface area contributed by atoms with E-state index in [9.17, 15) is 0 Å². The third kappa shape index (κ3) is 6.32. The van der Waals surface area contributed by atoms with Gasteiger partial charge in [0.2, 0.25) is 0 Å². The first-order valence-corrected chi connectivity index (χ1v) is 24.4. The van der Waals surface area contributed by atoms with E-state index in [0.717, 1.165) is 61.9 Å². The zero-order valence-electron chi connectivity index (χ0n) is 37.4. The fraction of sp³-hybridized carbons (Fsp3) is 0. The lowest BCUT2D eigenvalue weighted by Crippen LogP contribution is -2.11. The van der Waals surface area contributed by atoms with Gasteiger partial charge in [-0.05, 0) is 114 Å². The van der Waals surface area contributed by atoms with Gasteiger partial charge in [0.25, 0.3) is 0 Å². The van der Waals surface area contributed by atoms with Gasteiger partial charge in [0.1, 0.15) is 11.5 Å². The topological polar surface area (TPSA) is 12.5 Å². The predicted molar refractivity (Wildman–Crippen MR) is 296 cm³/mol. The quantitative estimate of drug-likeness (QED) is 0.175. The van der Waals surface area contributed by atoms with Gasteiger partial charge in [0, 0.05) is 53.6 Å². The Hall–Kier alpha value is -8.76. The molecule has 2 nitrogen and oxygen atoms in total. The maximum Gasteiger partial charge on any atom is 0.135 e. The number of hydrogen-bond donors (Lipinski definition) is 0. The number of para-hydroxylation sites is 3. The van der Waals surface area contributed by atoms with E-state index in [4.69, 9.17) is 4.74 Å². The van der Waals surface area contributed by atoms with Gasteiger partial charge in [0.15, 0.2) is 0 Å². The molecule has 0 atom stereocenters. The minimum Gasteiger partial charge on any atom is -0.456 e. The Morgan fingerprint density at radius 3 is 1.46 bits per heavy atom. The van der Waals surface area contributed by atoms with Crippen LogP contribution in [0, 0.1) is 0 Å². The van der Waals surface area contributed by atoms with E-state index in [0.29, 0.717) is 0 Å². The van der Waals surface area contributed by atoms with Gasteiger partial charge < -0.3 is 9.64 Å². The number of fused-ring (bicyclic) bond motifs is 19. The first kappa shape index (κ1) is 39.4. The lowest BCUT2D eigenvalue weighted by Gasteiger charge is -2.29. The van der Waals surface area contributed by atoms with Crippen LogP contribution in [0.1, 0.15) is 0 Å². The average molecular weight is 896 g/mol. The molecule has 0 fully saturated rings. The molecule has 0 saturated carbocycles. The van der Waals surface area contributed by atoms with Crippen molar-refractivity contribution < 1.29 is 4.74 Å². The summed E-state index contributed by atoms with van der Waals surface area (Å²) >= 11 is 1.90. The number of anilines is 3. The molecular formula is C66H41NOS. The van der Waals surface area contributed by atoms with Crippen molar-refractivity contribution in [2.45, 2.75) is 0 Å². The van der Waals surface area contributed by atoms with Crippen LogP contribution in [-0.2, 0) is 0 Å². The maximum absolute atomic E-state index is 6.67. The summed E-state index contributed by atoms with van der Waals surface area (Å²) in [4.78, 5) is 2.46. The minimum atomic E-state index is 0.843. The largest absolute Gasteiger partial charge is 0.456 e. The molecule has 2 heterocycles. The Morgan fingerprint density at radius 1 is 0.290 bits per heavy atom. The Kier molecular flexibility index (Phi) is 9.11. The van der Waals surface area contributed by atoms with Gasteiger partial charge in [0.05, 0.1) is 5.69 Å². The normalized spacial score (nSPS) is 11.9. The molecule has 69 heavy (non-hydrogen) atoms. The van der Waals surface area contributed by atoms with Crippen LogP contribution in [-0.4, -0.2) is 0 Å². The van der Waals surface area contributed by atoms with E-state index in [1.54, 1.807) is 0 Å². The van der Waals surface area contributed by atoms with Gasteiger partial charge in [-0.25, -0.2) is 0 Å². The van der Waals surface area contributed by atoms with E-state index >= 15 is 0 Å². The van der Waals surface area contributed by atoms with Crippen LogP contribution < -0.4 is 9.64 Å². The highest BCUT2D eigenvalue weighted by atomic mass is 32.1. The zero-order valence-corrected chi connectivity index (χ0v) is 38.3. The fourth-order valence-corrected chi connectivity index (χ4v) is 12.3. The van der Waals surface area contributed by atoms with Gasteiger partial charge in [-0.2, -0.15) is 0 Å². The van der Waals surface area contributed by atoms with Gasteiger partial charge in [-0.1, -0.05) is 200 Å². The second-order valence-corrected chi connectivity index (χ2v) is 18.9. The van der Waals surface area contributed by atoms with Crippen LogP contribution in [0.2, 0.25) is 0 Å². The average Bonchev–Trinajstić information content (AvgIpc) is 3.73. The summed E-state index contributed by atoms with van der Waals surface area (Å²) in [5.41, 5.74) is 9.88. The minimum absolute atomic E-state index is 0.843. The van der Waals surface area contributed by atoms with Crippen LogP contribution in [0.3, 0.4) is 0 Å². The molecule has 0 spiro atoms. The summed E-state index contributed by atoms with van der Waals surface area (Å²) < 4.78 is 9.27. The van der Waals surface area contributed by atoms with Crippen LogP contribution in [0.15, 0.2) is 249 Å². The van der Waals surface area contributed by atoms with Crippen molar-refractivity contribution in [2.75, 3.05) is 4.90 Å². The summed E-state index contributed by atoms with van der Waals surface area (Å²) in [5, 5.41) is 14.7. The highest BCUT2D eigenvalue weighted by Gasteiger charge is 2.25. The zero-order chi connectivity index (χ0) is 45.4. The first-order valence-electron chi connectivity index (χ1n) is 23.6. The van der Waals surface area contributed by atoms with Crippen LogP contribution >= 0.6 is 11.3 Å². The molecule has 1 aromatic heterocycles. The molecular weight excluding hydrogens is 855 g/mol. The molecule has 12 aromatic carbocycles. The molecule has 0 aliphatic carbocycles. The Labute approximate surface area is 403 Å². The van der Waals surface area contributed by atoms with E-state index in [1.807, 2.05) is 17.4 Å². The molecule has 1 aliphatic heterocycles. The van der Waals surface area contributed by atoms with Gasteiger partial charge in [-0.15, -0.1) is 11.3 Å². The summed E-state index contributed by atoms with van der Waals surface area (Å²) in [6.07, 6.45) is 0. The third-order valence-electron chi connectivity index (χ3n) is 14.1. The van der Waals surface area contributed by atoms with Crippen molar-refractivity contribution in [3.8, 4) is 44.9 Å². The van der Waals surface area contributed by atoms with Crippen molar-refractivity contribution in [3.63, 3.8) is 0 Å². The second kappa shape index (κ2) is 16.0. The number of thiophene rings is 1. The highest BCUT2D eigenvalue weighted by molar-refractivity contribution is 7.26. The van der Waals surface area contributed by atoms with E-state index < -0.39 is 0 Å². The summed E-state index contributed by atoms with van der Waals surface area (Å²) in [5.74, 6) is 1.70. The monoisotopic (exact) mass is 895 g/mol. The highest BCUT2D eigenvalue weighted by Crippen LogP contribution is 2.51. The van der Waals surface area contributed by atoms with Gasteiger partial charge >= 0.3 is 0 Å². The fourth-order valence-electron chi connectivity index (χ4n) is 11.0. The summed E-state index contributed by atoms with van der Waals surface area (Å²) in [6.45, 7) is 0. The van der Waals surface area contributed by atoms with Crippen molar-refractivity contribution in [1.82, 2.24) is 0 Å². The molecule has 0 saturated heterocycles. The van der Waals surface area contributed by atoms with E-state index in [2.05, 4.69) is 248 Å². The summed E-state index contributed by atoms with van der Waals surface area (Å²) in [7, 11) is 0. The molecule has 0 radical (unpaired) electrons. The Bertz CT molecular complexity index is 4300. The number of rotatable bonds is 4. The number of nitrogens with zero attached hydrogens (tertiary/aromatic N) is 1. The lowest BCUT2D eigenvalue weighted by atomic mass is 9.92. The standard InChI is InChI=1S/C66H41NOS/c1-2-18-42(19-3-1)45-20-10-14-30-61(45)67(44-34-36-51-53-26-11-15-31-62(53)68-63-32-16-12-27-54(63)60(51)41-44)43-35-37-52-57-38-39-58-55-28-13-17-33-64(55)69-66(58)65(57)56-29-9-8-24-49(56)47-22-5-4-21-46(47)48-23-6-7-25-50(48)59(52)40-43/h1-41H. The maximum atomic E-state index is 6.67. The molecule has 1 aliphatic rings. The molecule has 3 heteroatoms. The Balaban J connectivity index is 1.14. The van der Waals surface area contributed by atoms with E-state index in [1.165, 1.54) is 74.0 Å². The molecule has 14 rings (SSSR count). The smallest absolute Gasteiger partial charge is 0.135 e. The third-order valence-corrected chi connectivity index (χ3v) is 15.3.